The number of aromatic nitrogens is 1. The summed E-state index contributed by atoms with van der Waals surface area (Å²) in [5.74, 6) is 0.160. The molecule has 37 heavy (non-hydrogen) atoms. The first-order valence-electron chi connectivity index (χ1n) is 12.1. The van der Waals surface area contributed by atoms with Gasteiger partial charge in [0, 0.05) is 12.3 Å². The van der Waals surface area contributed by atoms with E-state index in [1.54, 1.807) is 24.5 Å². The lowest BCUT2D eigenvalue weighted by atomic mass is 9.73. The number of hydrogen-bond acceptors (Lipinski definition) is 4. The number of allylic oxidation sites excluding steroid dienone is 1. The van der Waals surface area contributed by atoms with Gasteiger partial charge in [-0.15, -0.1) is 11.3 Å². The predicted octanol–water partition coefficient (Wildman–Crippen LogP) is 8.33. The number of carbonyl (C=O) groups is 1. The average molecular weight is 528 g/mol. The van der Waals surface area contributed by atoms with E-state index in [2.05, 4.69) is 47.4 Å². The Hall–Kier alpha value is -3.67. The van der Waals surface area contributed by atoms with Crippen LogP contribution in [0.15, 0.2) is 84.5 Å². The number of carboxylic acids is 1. The van der Waals surface area contributed by atoms with Crippen molar-refractivity contribution >= 4 is 46.1 Å². The fraction of sp³-hybridized carbons (Fsp3) is 0.161. The number of carboxylic acid groups (broad SMARTS) is 1. The third kappa shape index (κ3) is 5.53. The Morgan fingerprint density at radius 1 is 1.05 bits per heavy atom. The minimum atomic E-state index is -0.966. The van der Waals surface area contributed by atoms with Crippen molar-refractivity contribution in [3.05, 3.63) is 112 Å². The zero-order valence-electron chi connectivity index (χ0n) is 20.4. The molecule has 1 aromatic heterocycles. The monoisotopic (exact) mass is 527 g/mol. The maximum absolute atomic E-state index is 11.0. The number of methoxy groups -OCH3 is 1. The Morgan fingerprint density at radius 3 is 2.30 bits per heavy atom. The molecule has 0 bridgehead atoms. The van der Waals surface area contributed by atoms with Crippen LogP contribution in [0, 0.1) is 5.92 Å². The van der Waals surface area contributed by atoms with E-state index in [0.29, 0.717) is 10.9 Å². The van der Waals surface area contributed by atoms with Crippen LogP contribution in [0.25, 0.3) is 27.7 Å². The molecule has 1 aliphatic rings. The summed E-state index contributed by atoms with van der Waals surface area (Å²) in [5.41, 5.74) is 9.37. The number of hydrogen-bond donors (Lipinski definition) is 1. The Labute approximate surface area is 225 Å². The van der Waals surface area contributed by atoms with Gasteiger partial charge in [0.2, 0.25) is 0 Å². The van der Waals surface area contributed by atoms with Crippen molar-refractivity contribution in [2.24, 2.45) is 5.92 Å². The van der Waals surface area contributed by atoms with E-state index < -0.39 is 5.97 Å². The molecule has 4 aromatic rings. The molecule has 186 valence electrons. The van der Waals surface area contributed by atoms with Gasteiger partial charge < -0.3 is 9.84 Å². The van der Waals surface area contributed by atoms with Crippen molar-refractivity contribution in [2.75, 3.05) is 7.11 Å². The van der Waals surface area contributed by atoms with Gasteiger partial charge in [0.1, 0.15) is 5.75 Å². The lowest BCUT2D eigenvalue weighted by Crippen LogP contribution is -2.15. The Kier molecular flexibility index (Phi) is 7.54. The fourth-order valence-electron chi connectivity index (χ4n) is 4.66. The number of rotatable bonds is 8. The first-order chi connectivity index (χ1) is 18.0. The van der Waals surface area contributed by atoms with Crippen LogP contribution in [0.2, 0.25) is 5.02 Å². The van der Waals surface area contributed by atoms with E-state index in [9.17, 15) is 4.79 Å². The van der Waals surface area contributed by atoms with Gasteiger partial charge in [-0.2, -0.15) is 0 Å². The summed E-state index contributed by atoms with van der Waals surface area (Å²) < 4.78 is 5.41. The molecule has 5 rings (SSSR count). The quantitative estimate of drug-likeness (QED) is 0.185. The molecule has 0 amide bonds. The molecule has 0 atom stereocenters. The molecule has 4 nitrogen and oxygen atoms in total. The lowest BCUT2D eigenvalue weighted by molar-refractivity contribution is -0.131. The molecule has 1 fully saturated rings. The van der Waals surface area contributed by atoms with Crippen molar-refractivity contribution < 1.29 is 14.6 Å². The van der Waals surface area contributed by atoms with Gasteiger partial charge in [-0.3, -0.25) is 4.98 Å². The maximum Gasteiger partial charge on any atom is 0.328 e. The normalized spacial score (nSPS) is 14.3. The highest BCUT2D eigenvalue weighted by molar-refractivity contribution is 7.13. The van der Waals surface area contributed by atoms with Gasteiger partial charge >= 0.3 is 5.97 Å². The smallest absolute Gasteiger partial charge is 0.328 e. The van der Waals surface area contributed by atoms with E-state index in [1.165, 1.54) is 12.0 Å². The molecule has 0 spiro atoms. The largest absolute Gasteiger partial charge is 0.497 e. The molecule has 0 saturated heterocycles. The minimum Gasteiger partial charge on any atom is -0.497 e. The summed E-state index contributed by atoms with van der Waals surface area (Å²) in [7, 11) is 1.64. The first-order valence-corrected chi connectivity index (χ1v) is 13.4. The van der Waals surface area contributed by atoms with E-state index in [-0.39, 0.29) is 0 Å². The van der Waals surface area contributed by atoms with Gasteiger partial charge in [0.15, 0.2) is 0 Å². The van der Waals surface area contributed by atoms with Crippen LogP contribution in [0.1, 0.15) is 41.5 Å². The summed E-state index contributed by atoms with van der Waals surface area (Å²) in [6.07, 6.45) is 8.06. The fourth-order valence-corrected chi connectivity index (χ4v) is 5.56. The summed E-state index contributed by atoms with van der Waals surface area (Å²) in [4.78, 5) is 16.3. The highest BCUT2D eigenvalue weighted by atomic mass is 35.5. The standard InChI is InChI=1S/C31H26ClNO3S/c1-36-25-14-15-26(27(32)17-25)31(22-3-2-4-22)30(23-8-5-20(6-9-23)7-16-29(34)35)24-12-10-21(11-13-24)28-18-33-19-37-28/h5-19,22H,2-4H2,1H3,(H,34,35)/b16-7+,31-30+. The van der Waals surface area contributed by atoms with Crippen LogP contribution in [0.4, 0.5) is 0 Å². The number of benzene rings is 3. The van der Waals surface area contributed by atoms with Gasteiger partial charge in [-0.05, 0) is 82.0 Å². The highest BCUT2D eigenvalue weighted by Crippen LogP contribution is 2.47. The number of nitrogens with zero attached hydrogens (tertiary/aromatic N) is 1. The molecule has 1 N–H and O–H groups in total. The van der Waals surface area contributed by atoms with Gasteiger partial charge in [0.25, 0.3) is 0 Å². The van der Waals surface area contributed by atoms with E-state index >= 15 is 0 Å². The zero-order chi connectivity index (χ0) is 25.8. The number of ether oxygens (including phenoxy) is 1. The number of aliphatic carboxylic acids is 1. The van der Waals surface area contributed by atoms with E-state index in [1.807, 2.05) is 36.0 Å². The molecule has 0 radical (unpaired) electrons. The van der Waals surface area contributed by atoms with Crippen LogP contribution in [0.3, 0.4) is 0 Å². The van der Waals surface area contributed by atoms with Gasteiger partial charge in [0.05, 0.1) is 22.5 Å². The average Bonchev–Trinajstić information content (AvgIpc) is 3.42. The molecule has 1 heterocycles. The van der Waals surface area contributed by atoms with E-state index in [4.69, 9.17) is 21.4 Å². The van der Waals surface area contributed by atoms with Crippen LogP contribution < -0.4 is 4.74 Å². The van der Waals surface area contributed by atoms with Crippen molar-refractivity contribution in [2.45, 2.75) is 19.3 Å². The molecule has 1 aliphatic carbocycles. The summed E-state index contributed by atoms with van der Waals surface area (Å²) in [5, 5.41) is 9.66. The third-order valence-electron chi connectivity index (χ3n) is 6.76. The molecule has 3 aromatic carbocycles. The zero-order valence-corrected chi connectivity index (χ0v) is 21.9. The summed E-state index contributed by atoms with van der Waals surface area (Å²) in [6, 6.07) is 22.5. The van der Waals surface area contributed by atoms with Crippen LogP contribution in [0.5, 0.6) is 5.75 Å². The SMILES string of the molecule is COc1ccc(/C(=C(\c2ccc(/C=C/C(=O)O)cc2)c2ccc(-c3cncs3)cc2)C2CCC2)c(Cl)c1. The molecule has 6 heteroatoms. The van der Waals surface area contributed by atoms with Gasteiger partial charge in [-0.1, -0.05) is 66.6 Å². The second-order valence-electron chi connectivity index (χ2n) is 9.00. The minimum absolute atomic E-state index is 0.397. The predicted molar refractivity (Wildman–Crippen MR) is 152 cm³/mol. The summed E-state index contributed by atoms with van der Waals surface area (Å²) >= 11 is 8.47. The van der Waals surface area contributed by atoms with E-state index in [0.717, 1.165) is 62.9 Å². The Morgan fingerprint density at radius 2 is 1.76 bits per heavy atom. The van der Waals surface area contributed by atoms with Crippen molar-refractivity contribution in [1.82, 2.24) is 4.98 Å². The second-order valence-corrected chi connectivity index (χ2v) is 10.3. The highest BCUT2D eigenvalue weighted by Gasteiger charge is 2.28. The number of thiazole rings is 1. The molecule has 0 aliphatic heterocycles. The van der Waals surface area contributed by atoms with Gasteiger partial charge in [-0.25, -0.2) is 4.79 Å². The van der Waals surface area contributed by atoms with Crippen LogP contribution >= 0.6 is 22.9 Å². The Balaban J connectivity index is 1.69. The lowest BCUT2D eigenvalue weighted by Gasteiger charge is -2.32. The van der Waals surface area contributed by atoms with Crippen molar-refractivity contribution in [1.29, 1.82) is 0 Å². The number of halogens is 1. The molecule has 0 unspecified atom stereocenters. The second kappa shape index (κ2) is 11.2. The first kappa shape index (κ1) is 25.0. The van der Waals surface area contributed by atoms with Crippen molar-refractivity contribution in [3.8, 4) is 16.2 Å². The molecular weight excluding hydrogens is 502 g/mol. The third-order valence-corrected chi connectivity index (χ3v) is 7.89. The van der Waals surface area contributed by atoms with Crippen LogP contribution in [-0.4, -0.2) is 23.2 Å². The Bertz CT molecular complexity index is 1450. The van der Waals surface area contributed by atoms with Crippen molar-refractivity contribution in [3.63, 3.8) is 0 Å². The summed E-state index contributed by atoms with van der Waals surface area (Å²) in [6.45, 7) is 0. The molecule has 1 saturated carbocycles. The topological polar surface area (TPSA) is 59.4 Å². The maximum atomic E-state index is 11.0. The molecular formula is C31H26ClNO3S. The van der Waals surface area contributed by atoms with Crippen LogP contribution in [-0.2, 0) is 4.79 Å².